The molecule has 7 heteroatoms. The lowest BCUT2D eigenvalue weighted by Crippen LogP contribution is -2.45. The van der Waals surface area contributed by atoms with Gasteiger partial charge in [0, 0.05) is 43.6 Å². The molecule has 1 aromatic carbocycles. The Labute approximate surface area is 133 Å². The summed E-state index contributed by atoms with van der Waals surface area (Å²) in [7, 11) is 0. The topological polar surface area (TPSA) is 88.3 Å². The smallest absolute Gasteiger partial charge is 0.321 e. The molecule has 2 heterocycles. The van der Waals surface area contributed by atoms with Crippen LogP contribution in [0.5, 0.6) is 0 Å². The van der Waals surface area contributed by atoms with E-state index in [1.807, 2.05) is 19.1 Å². The Kier molecular flexibility index (Phi) is 4.10. The summed E-state index contributed by atoms with van der Waals surface area (Å²) >= 11 is 0. The van der Waals surface area contributed by atoms with E-state index < -0.39 is 0 Å². The van der Waals surface area contributed by atoms with Gasteiger partial charge in [0.15, 0.2) is 0 Å². The molecule has 0 radical (unpaired) electrons. The van der Waals surface area contributed by atoms with Gasteiger partial charge in [0.2, 0.25) is 11.7 Å². The number of likely N-dealkylation sites (tertiary alicyclic amines) is 1. The number of amides is 2. The Morgan fingerprint density at radius 1 is 1.43 bits per heavy atom. The van der Waals surface area contributed by atoms with Crippen molar-refractivity contribution in [3.05, 3.63) is 30.2 Å². The Balaban J connectivity index is 1.70. The Bertz CT molecular complexity index is 740. The number of nitrogens with zero attached hydrogens (tertiary/aromatic N) is 3. The van der Waals surface area contributed by atoms with E-state index in [2.05, 4.69) is 15.5 Å². The zero-order valence-electron chi connectivity index (χ0n) is 13.1. The number of hydrogen-bond acceptors (Lipinski definition) is 5. The molecule has 2 amide bonds. The van der Waals surface area contributed by atoms with Crippen LogP contribution in [0.4, 0.5) is 10.5 Å². The minimum absolute atomic E-state index is 0.108. The lowest BCUT2D eigenvalue weighted by atomic mass is 9.99. The second kappa shape index (κ2) is 6.20. The number of nitrogens with one attached hydrogen (secondary N) is 1. The highest BCUT2D eigenvalue weighted by Crippen LogP contribution is 2.21. The molecule has 0 aliphatic carbocycles. The number of anilines is 1. The van der Waals surface area contributed by atoms with Gasteiger partial charge in [-0.15, -0.1) is 0 Å². The molecule has 0 saturated carbocycles. The Hall–Kier alpha value is -2.70. The van der Waals surface area contributed by atoms with Gasteiger partial charge in [-0.05, 0) is 12.1 Å². The number of rotatable bonds is 2. The molecule has 1 aromatic heterocycles. The van der Waals surface area contributed by atoms with Crippen LogP contribution in [0.15, 0.2) is 28.8 Å². The van der Waals surface area contributed by atoms with E-state index in [0.717, 1.165) is 5.56 Å². The molecule has 23 heavy (non-hydrogen) atoms. The van der Waals surface area contributed by atoms with Crippen LogP contribution in [0.25, 0.3) is 11.4 Å². The van der Waals surface area contributed by atoms with Crippen molar-refractivity contribution in [3.8, 4) is 11.4 Å². The second-order valence-electron chi connectivity index (χ2n) is 5.71. The molecule has 120 valence electrons. The minimum atomic E-state index is -0.203. The fourth-order valence-corrected chi connectivity index (χ4v) is 2.55. The number of benzene rings is 1. The van der Waals surface area contributed by atoms with Crippen molar-refractivity contribution in [2.75, 3.05) is 18.4 Å². The summed E-state index contributed by atoms with van der Waals surface area (Å²) < 4.78 is 4.97. The molecule has 3 rings (SSSR count). The van der Waals surface area contributed by atoms with E-state index in [4.69, 9.17) is 4.52 Å². The van der Waals surface area contributed by atoms with E-state index in [0.29, 0.717) is 36.9 Å². The number of carbonyl (C=O) groups is 2. The van der Waals surface area contributed by atoms with Crippen LogP contribution >= 0.6 is 0 Å². The molecular weight excluding hydrogens is 296 g/mol. The average molecular weight is 314 g/mol. The van der Waals surface area contributed by atoms with Crippen LogP contribution in [0.2, 0.25) is 0 Å². The zero-order chi connectivity index (χ0) is 16.4. The molecule has 1 atom stereocenters. The maximum Gasteiger partial charge on any atom is 0.321 e. The molecule has 0 spiro atoms. The van der Waals surface area contributed by atoms with Crippen LogP contribution in [0.3, 0.4) is 0 Å². The van der Waals surface area contributed by atoms with Crippen LogP contribution < -0.4 is 5.32 Å². The predicted molar refractivity (Wildman–Crippen MR) is 83.9 cm³/mol. The maximum absolute atomic E-state index is 12.3. The summed E-state index contributed by atoms with van der Waals surface area (Å²) in [6.07, 6.45) is 0.413. The van der Waals surface area contributed by atoms with Gasteiger partial charge in [-0.2, -0.15) is 4.98 Å². The van der Waals surface area contributed by atoms with E-state index in [-0.39, 0.29) is 17.7 Å². The SMILES string of the molecule is Cc1nc(-c2cccc(NC(=O)N3CCC(=O)[C@H](C)C3)c2)no1. The molecular formula is C16H18N4O3. The first-order valence-electron chi connectivity index (χ1n) is 7.52. The third-order valence-electron chi connectivity index (χ3n) is 3.86. The average Bonchev–Trinajstić information content (AvgIpc) is 2.97. The number of piperidine rings is 1. The quantitative estimate of drug-likeness (QED) is 0.920. The lowest BCUT2D eigenvalue weighted by molar-refractivity contribution is -0.124. The summed E-state index contributed by atoms with van der Waals surface area (Å²) in [5.74, 6) is 1.07. The second-order valence-corrected chi connectivity index (χ2v) is 5.71. The standard InChI is InChI=1S/C16H18N4O3/c1-10-9-20(7-6-14(10)21)16(22)18-13-5-3-4-12(8-13)15-17-11(2)23-19-15/h3-5,8,10H,6-7,9H2,1-2H3,(H,18,22)/t10-/m1/s1. The Morgan fingerprint density at radius 2 is 2.26 bits per heavy atom. The van der Waals surface area contributed by atoms with Crippen LogP contribution in [-0.4, -0.2) is 39.9 Å². The Morgan fingerprint density at radius 3 is 2.96 bits per heavy atom. The number of carbonyl (C=O) groups excluding carboxylic acids is 2. The fourth-order valence-electron chi connectivity index (χ4n) is 2.55. The van der Waals surface area contributed by atoms with E-state index in [1.165, 1.54) is 0 Å². The molecule has 2 aromatic rings. The van der Waals surface area contributed by atoms with Gasteiger partial charge >= 0.3 is 6.03 Å². The van der Waals surface area contributed by atoms with Crippen molar-refractivity contribution in [3.63, 3.8) is 0 Å². The largest absolute Gasteiger partial charge is 0.339 e. The molecule has 1 saturated heterocycles. The molecule has 0 bridgehead atoms. The van der Waals surface area contributed by atoms with E-state index in [9.17, 15) is 9.59 Å². The zero-order valence-corrected chi connectivity index (χ0v) is 13.1. The van der Waals surface area contributed by atoms with Gasteiger partial charge in [-0.3, -0.25) is 4.79 Å². The highest BCUT2D eigenvalue weighted by Gasteiger charge is 2.26. The first kappa shape index (κ1) is 15.2. The number of aryl methyl sites for hydroxylation is 1. The van der Waals surface area contributed by atoms with E-state index in [1.54, 1.807) is 24.0 Å². The molecule has 1 N–H and O–H groups in total. The summed E-state index contributed by atoms with van der Waals surface area (Å²) in [4.78, 5) is 29.7. The summed E-state index contributed by atoms with van der Waals surface area (Å²) in [5, 5.41) is 6.72. The molecule has 0 unspecified atom stereocenters. The van der Waals surface area contributed by atoms with Gasteiger partial charge in [-0.25, -0.2) is 4.79 Å². The normalized spacial score (nSPS) is 18.1. The molecule has 7 nitrogen and oxygen atoms in total. The van der Waals surface area contributed by atoms with Crippen molar-refractivity contribution >= 4 is 17.5 Å². The lowest BCUT2D eigenvalue weighted by Gasteiger charge is -2.30. The number of aromatic nitrogens is 2. The van der Waals surface area contributed by atoms with Crippen molar-refractivity contribution in [2.24, 2.45) is 5.92 Å². The number of ketones is 1. The highest BCUT2D eigenvalue weighted by molar-refractivity contribution is 5.92. The predicted octanol–water partition coefficient (Wildman–Crippen LogP) is 2.49. The summed E-state index contributed by atoms with van der Waals surface area (Å²) in [6.45, 7) is 4.48. The first-order valence-corrected chi connectivity index (χ1v) is 7.52. The van der Waals surface area contributed by atoms with Gasteiger partial charge < -0.3 is 14.7 Å². The fraction of sp³-hybridized carbons (Fsp3) is 0.375. The van der Waals surface area contributed by atoms with Crippen molar-refractivity contribution < 1.29 is 14.1 Å². The molecule has 1 aliphatic rings. The number of Topliss-reactive ketones (excluding diaryl/α,β-unsaturated/α-hetero) is 1. The van der Waals surface area contributed by atoms with E-state index >= 15 is 0 Å². The van der Waals surface area contributed by atoms with Crippen molar-refractivity contribution in [1.29, 1.82) is 0 Å². The van der Waals surface area contributed by atoms with Crippen molar-refractivity contribution in [2.45, 2.75) is 20.3 Å². The molecule has 1 fully saturated rings. The van der Waals surface area contributed by atoms with Gasteiger partial charge in [0.1, 0.15) is 5.78 Å². The van der Waals surface area contributed by atoms with Gasteiger partial charge in [0.25, 0.3) is 0 Å². The maximum atomic E-state index is 12.3. The highest BCUT2D eigenvalue weighted by atomic mass is 16.5. The first-order chi connectivity index (χ1) is 11.0. The third kappa shape index (κ3) is 3.39. The van der Waals surface area contributed by atoms with Crippen LogP contribution in [0.1, 0.15) is 19.2 Å². The minimum Gasteiger partial charge on any atom is -0.339 e. The van der Waals surface area contributed by atoms with Crippen LogP contribution in [0, 0.1) is 12.8 Å². The summed E-state index contributed by atoms with van der Waals surface area (Å²) in [5.41, 5.74) is 1.42. The van der Waals surface area contributed by atoms with Crippen LogP contribution in [-0.2, 0) is 4.79 Å². The molecule has 1 aliphatic heterocycles. The van der Waals surface area contributed by atoms with Crippen molar-refractivity contribution in [1.82, 2.24) is 15.0 Å². The third-order valence-corrected chi connectivity index (χ3v) is 3.86. The summed E-state index contributed by atoms with van der Waals surface area (Å²) in [6, 6.07) is 7.06. The van der Waals surface area contributed by atoms with Gasteiger partial charge in [-0.1, -0.05) is 24.2 Å². The monoisotopic (exact) mass is 314 g/mol. The number of urea groups is 1. The van der Waals surface area contributed by atoms with Gasteiger partial charge in [0.05, 0.1) is 0 Å². The number of hydrogen-bond donors (Lipinski definition) is 1.